The molecule has 0 unspecified atom stereocenters. The third kappa shape index (κ3) is 3.08. The maximum atomic E-state index is 11.8. The Labute approximate surface area is 136 Å². The fourth-order valence-corrected chi connectivity index (χ4v) is 2.13. The second-order valence-corrected chi connectivity index (χ2v) is 4.27. The van der Waals surface area contributed by atoms with E-state index in [1.807, 2.05) is 0 Å². The summed E-state index contributed by atoms with van der Waals surface area (Å²) in [5.74, 6) is -12.6. The Kier molecular flexibility index (Phi) is 5.08. The van der Waals surface area contributed by atoms with Crippen LogP contribution in [0.4, 0.5) is 0 Å². The van der Waals surface area contributed by atoms with E-state index in [4.69, 9.17) is 15.3 Å². The van der Waals surface area contributed by atoms with Crippen LogP contribution < -0.4 is 0 Å². The van der Waals surface area contributed by atoms with Gasteiger partial charge < -0.3 is 30.3 Å². The number of carboxylic acids is 5. The van der Waals surface area contributed by atoms with E-state index in [1.165, 1.54) is 0 Å². The van der Waals surface area contributed by atoms with Crippen molar-refractivity contribution in [3.63, 3.8) is 0 Å². The Morgan fingerprint density at radius 1 is 0.520 bits per heavy atom. The zero-order valence-electron chi connectivity index (χ0n) is 12.1. The Morgan fingerprint density at radius 3 is 0.880 bits per heavy atom. The monoisotopic (exact) mass is 356 g/mol. The lowest BCUT2D eigenvalue weighted by atomic mass is 9.86. The number of hydrogen-bond donors (Lipinski definition) is 5. The van der Waals surface area contributed by atoms with Crippen LogP contribution in [0.5, 0.6) is 0 Å². The molecule has 1 aromatic rings. The summed E-state index contributed by atoms with van der Waals surface area (Å²) in [4.78, 5) is 68.6. The van der Waals surface area contributed by atoms with Crippen molar-refractivity contribution in [2.24, 2.45) is 0 Å². The number of carboxylic acid groups (broad SMARTS) is 5. The molecule has 0 spiro atoms. The van der Waals surface area contributed by atoms with Crippen LogP contribution in [0.15, 0.2) is 0 Å². The third-order valence-corrected chi connectivity index (χ3v) is 2.96. The highest BCUT2D eigenvalue weighted by Crippen LogP contribution is 2.30. The number of methoxy groups -OCH3 is 1. The summed E-state index contributed by atoms with van der Waals surface area (Å²) < 4.78 is 4.19. The lowest BCUT2D eigenvalue weighted by Gasteiger charge is -2.16. The first-order valence-electron chi connectivity index (χ1n) is 5.96. The van der Waals surface area contributed by atoms with Crippen molar-refractivity contribution in [1.82, 2.24) is 0 Å². The summed E-state index contributed by atoms with van der Waals surface area (Å²) in [5.41, 5.74) is -9.16. The molecule has 1 rings (SSSR count). The molecule has 0 aliphatic rings. The quantitative estimate of drug-likeness (QED) is 0.425. The molecule has 25 heavy (non-hydrogen) atoms. The van der Waals surface area contributed by atoms with Crippen LogP contribution in [0.1, 0.15) is 62.1 Å². The van der Waals surface area contributed by atoms with Crippen molar-refractivity contribution in [3.8, 4) is 0 Å². The van der Waals surface area contributed by atoms with E-state index in [-0.39, 0.29) is 0 Å². The van der Waals surface area contributed by atoms with Gasteiger partial charge in [-0.25, -0.2) is 28.8 Å². The van der Waals surface area contributed by atoms with Crippen molar-refractivity contribution in [3.05, 3.63) is 33.4 Å². The van der Waals surface area contributed by atoms with Crippen LogP contribution in [0.25, 0.3) is 0 Å². The third-order valence-electron chi connectivity index (χ3n) is 2.96. The highest BCUT2D eigenvalue weighted by molar-refractivity contribution is 6.23. The number of carbonyl (C=O) groups excluding carboxylic acids is 1. The molecule has 132 valence electrons. The molecule has 12 heteroatoms. The largest absolute Gasteiger partial charge is 0.478 e. The molecule has 0 saturated carbocycles. The predicted octanol–water partition coefficient (Wildman–Crippen LogP) is -0.0358. The van der Waals surface area contributed by atoms with E-state index in [0.717, 1.165) is 0 Å². The van der Waals surface area contributed by atoms with E-state index in [0.29, 0.717) is 7.11 Å². The predicted molar refractivity (Wildman–Crippen MR) is 72.6 cm³/mol. The summed E-state index contributed by atoms with van der Waals surface area (Å²) in [7, 11) is 0.700. The molecule has 5 N–H and O–H groups in total. The minimum atomic E-state index is -2.21. The van der Waals surface area contributed by atoms with Gasteiger partial charge in [-0.15, -0.1) is 0 Å². The standard InChI is InChI=1S/C13H8O12/c1-25-13(24)7-5(11(20)21)3(9(16)17)2(8(14)15)4(10(18)19)6(7)12(22)23/h1H3,(H,14,15)(H,16,17)(H,18,19)(H,20,21)(H,22,23). The van der Waals surface area contributed by atoms with Gasteiger partial charge in [-0.1, -0.05) is 0 Å². The summed E-state index contributed by atoms with van der Waals surface area (Å²) in [6.07, 6.45) is 0. The summed E-state index contributed by atoms with van der Waals surface area (Å²) in [6.45, 7) is 0. The maximum Gasteiger partial charge on any atom is 0.339 e. The molecule has 1 aromatic carbocycles. The molecule has 0 aliphatic heterocycles. The van der Waals surface area contributed by atoms with Gasteiger partial charge in [0.05, 0.1) is 40.5 Å². The smallest absolute Gasteiger partial charge is 0.339 e. The van der Waals surface area contributed by atoms with Crippen molar-refractivity contribution >= 4 is 35.8 Å². The molecule has 0 fully saturated rings. The lowest BCUT2D eigenvalue weighted by Crippen LogP contribution is -2.28. The number of benzene rings is 1. The minimum Gasteiger partial charge on any atom is -0.478 e. The molecular formula is C13H8O12. The molecule has 0 amide bonds. The number of aromatic carboxylic acids is 5. The average Bonchev–Trinajstić information content (AvgIpc) is 2.50. The van der Waals surface area contributed by atoms with Crippen LogP contribution in [0.2, 0.25) is 0 Å². The molecule has 0 aromatic heterocycles. The van der Waals surface area contributed by atoms with Crippen molar-refractivity contribution < 1.29 is 59.0 Å². The molecule has 0 saturated heterocycles. The Hall–Kier alpha value is -3.96. The number of carbonyl (C=O) groups is 6. The number of hydrogen-bond acceptors (Lipinski definition) is 7. The van der Waals surface area contributed by atoms with Crippen LogP contribution in [0, 0.1) is 0 Å². The molecular weight excluding hydrogens is 348 g/mol. The number of esters is 1. The van der Waals surface area contributed by atoms with Gasteiger partial charge in [0, 0.05) is 0 Å². The molecule has 12 nitrogen and oxygen atoms in total. The van der Waals surface area contributed by atoms with Crippen LogP contribution >= 0.6 is 0 Å². The molecule has 0 radical (unpaired) electrons. The topological polar surface area (TPSA) is 213 Å². The lowest BCUT2D eigenvalue weighted by molar-refractivity contribution is 0.0556. The zero-order chi connectivity index (χ0) is 19.6. The number of rotatable bonds is 6. The first kappa shape index (κ1) is 19.1. The van der Waals surface area contributed by atoms with E-state index in [1.54, 1.807) is 0 Å². The van der Waals surface area contributed by atoms with Crippen molar-refractivity contribution in [2.45, 2.75) is 0 Å². The van der Waals surface area contributed by atoms with E-state index >= 15 is 0 Å². The minimum absolute atomic E-state index is 0.700. The second kappa shape index (κ2) is 6.66. The van der Waals surface area contributed by atoms with Gasteiger partial charge >= 0.3 is 35.8 Å². The SMILES string of the molecule is COC(=O)c1c(C(=O)O)c(C(=O)O)c(C(=O)O)c(C(=O)O)c1C(=O)O. The Morgan fingerprint density at radius 2 is 0.720 bits per heavy atom. The zero-order valence-corrected chi connectivity index (χ0v) is 12.1. The second-order valence-electron chi connectivity index (χ2n) is 4.27. The normalized spacial score (nSPS) is 9.96. The fraction of sp³-hybridized carbons (Fsp3) is 0.0769. The van der Waals surface area contributed by atoms with Crippen LogP contribution in [-0.2, 0) is 4.74 Å². The van der Waals surface area contributed by atoms with Gasteiger partial charge in [0.2, 0.25) is 0 Å². The highest BCUT2D eigenvalue weighted by Gasteiger charge is 2.40. The van der Waals surface area contributed by atoms with Gasteiger partial charge in [0.15, 0.2) is 0 Å². The Bertz CT molecular complexity index is 794. The Balaban J connectivity index is 4.50. The van der Waals surface area contributed by atoms with Gasteiger partial charge in [0.1, 0.15) is 0 Å². The first-order chi connectivity index (χ1) is 11.5. The molecule has 0 heterocycles. The average molecular weight is 356 g/mol. The van der Waals surface area contributed by atoms with Crippen molar-refractivity contribution in [2.75, 3.05) is 7.11 Å². The van der Waals surface area contributed by atoms with Crippen LogP contribution in [-0.4, -0.2) is 68.5 Å². The van der Waals surface area contributed by atoms with Gasteiger partial charge in [-0.2, -0.15) is 0 Å². The van der Waals surface area contributed by atoms with E-state index < -0.39 is 69.2 Å². The van der Waals surface area contributed by atoms with Gasteiger partial charge in [-0.05, 0) is 0 Å². The van der Waals surface area contributed by atoms with E-state index in [9.17, 15) is 39.0 Å². The summed E-state index contributed by atoms with van der Waals surface area (Å²) in [5, 5.41) is 45.7. The highest BCUT2D eigenvalue weighted by atomic mass is 16.5. The van der Waals surface area contributed by atoms with Crippen LogP contribution in [0.3, 0.4) is 0 Å². The van der Waals surface area contributed by atoms with Gasteiger partial charge in [0.25, 0.3) is 0 Å². The van der Waals surface area contributed by atoms with Crippen molar-refractivity contribution in [1.29, 1.82) is 0 Å². The summed E-state index contributed by atoms with van der Waals surface area (Å²) >= 11 is 0. The maximum absolute atomic E-state index is 11.8. The summed E-state index contributed by atoms with van der Waals surface area (Å²) in [6, 6.07) is 0. The first-order valence-corrected chi connectivity index (χ1v) is 5.96. The van der Waals surface area contributed by atoms with Gasteiger partial charge in [-0.3, -0.25) is 0 Å². The molecule has 0 bridgehead atoms. The molecule has 0 aliphatic carbocycles. The number of ether oxygens (including phenoxy) is 1. The van der Waals surface area contributed by atoms with E-state index in [2.05, 4.69) is 4.74 Å². The molecule has 0 atom stereocenters. The fourth-order valence-electron chi connectivity index (χ4n) is 2.13.